The molecule has 0 bridgehead atoms. The van der Waals surface area contributed by atoms with Crippen LogP contribution in [0, 0.1) is 0 Å². The van der Waals surface area contributed by atoms with E-state index in [2.05, 4.69) is 35.7 Å². The molecule has 4 nitrogen and oxygen atoms in total. The zero-order chi connectivity index (χ0) is 16.8. The third-order valence-corrected chi connectivity index (χ3v) is 4.29. The molecule has 2 aromatic rings. The average molecular weight is 323 g/mol. The fraction of sp³-hybridized carbons (Fsp3) is 0.250. The van der Waals surface area contributed by atoms with Crippen molar-refractivity contribution in [2.24, 2.45) is 0 Å². The summed E-state index contributed by atoms with van der Waals surface area (Å²) in [5, 5.41) is 2.95. The first-order valence-corrected chi connectivity index (χ1v) is 8.26. The number of benzene rings is 2. The molecule has 0 fully saturated rings. The van der Waals surface area contributed by atoms with Crippen LogP contribution in [0.2, 0.25) is 0 Å². The van der Waals surface area contributed by atoms with Gasteiger partial charge in [-0.3, -0.25) is 4.79 Å². The Morgan fingerprint density at radius 3 is 2.71 bits per heavy atom. The molecule has 2 N–H and O–H groups in total. The van der Waals surface area contributed by atoms with Gasteiger partial charge in [0.05, 0.1) is 20.2 Å². The Morgan fingerprint density at radius 1 is 1.17 bits per heavy atom. The monoisotopic (exact) mass is 323 g/mol. The summed E-state index contributed by atoms with van der Waals surface area (Å²) in [5.74, 6) is 0.781. The lowest BCUT2D eigenvalue weighted by Gasteiger charge is -2.23. The van der Waals surface area contributed by atoms with Gasteiger partial charge >= 0.3 is 0 Å². The second-order valence-electron chi connectivity index (χ2n) is 6.01. The summed E-state index contributed by atoms with van der Waals surface area (Å²) in [7, 11) is 1.62. The highest BCUT2D eigenvalue weighted by Gasteiger charge is 2.18. The van der Waals surface area contributed by atoms with Crippen molar-refractivity contribution in [2.75, 3.05) is 32.1 Å². The van der Waals surface area contributed by atoms with E-state index in [-0.39, 0.29) is 5.91 Å². The maximum absolute atomic E-state index is 12.2. The summed E-state index contributed by atoms with van der Waals surface area (Å²) >= 11 is 0. The highest BCUT2D eigenvalue weighted by molar-refractivity contribution is 5.91. The molecule has 1 atom stereocenters. The number of hydrogen-bond donors (Lipinski definition) is 2. The van der Waals surface area contributed by atoms with E-state index < -0.39 is 0 Å². The predicted molar refractivity (Wildman–Crippen MR) is 96.2 cm³/mol. The van der Waals surface area contributed by atoms with Gasteiger partial charge in [-0.15, -0.1) is 0 Å². The summed E-state index contributed by atoms with van der Waals surface area (Å²) in [5.41, 5.74) is 3.45. The molecule has 0 saturated carbocycles. The van der Waals surface area contributed by atoms with Gasteiger partial charge in [-0.05, 0) is 29.3 Å². The van der Waals surface area contributed by atoms with Crippen LogP contribution >= 0.6 is 0 Å². The second kappa shape index (κ2) is 7.79. The van der Waals surface area contributed by atoms with Crippen molar-refractivity contribution in [3.63, 3.8) is 0 Å². The summed E-state index contributed by atoms with van der Waals surface area (Å²) in [6, 6.07) is 17.9. The van der Waals surface area contributed by atoms with Crippen molar-refractivity contribution in [2.45, 2.75) is 6.42 Å². The lowest BCUT2D eigenvalue weighted by Crippen LogP contribution is -3.13. The van der Waals surface area contributed by atoms with Gasteiger partial charge < -0.3 is 15.0 Å². The standard InChI is InChI=1S/C20H22N2O2/c1-24-19-9-5-8-18(14-19)21-20(23)15-22-12-10-17(11-13-22)16-6-3-2-4-7-16/h2-10,14H,11-13,15H2,1H3,(H,21,23)/p+1. The SMILES string of the molecule is COc1cccc(NC(=O)C[NH+]2CC=C(c3ccccc3)CC2)c1. The van der Waals surface area contributed by atoms with Crippen molar-refractivity contribution in [1.82, 2.24) is 0 Å². The van der Waals surface area contributed by atoms with Crippen LogP contribution in [0.1, 0.15) is 12.0 Å². The van der Waals surface area contributed by atoms with E-state index in [0.717, 1.165) is 30.9 Å². The van der Waals surface area contributed by atoms with Gasteiger partial charge in [-0.2, -0.15) is 0 Å². The van der Waals surface area contributed by atoms with Gasteiger partial charge in [-0.25, -0.2) is 0 Å². The zero-order valence-electron chi connectivity index (χ0n) is 13.9. The Bertz CT molecular complexity index is 725. The van der Waals surface area contributed by atoms with Crippen LogP contribution in [0.3, 0.4) is 0 Å². The second-order valence-corrected chi connectivity index (χ2v) is 6.01. The molecule has 24 heavy (non-hydrogen) atoms. The van der Waals surface area contributed by atoms with Crippen LogP contribution in [-0.2, 0) is 4.79 Å². The van der Waals surface area contributed by atoms with E-state index in [0.29, 0.717) is 6.54 Å². The third kappa shape index (κ3) is 4.24. The Balaban J connectivity index is 1.54. The van der Waals surface area contributed by atoms with Gasteiger partial charge in [0.25, 0.3) is 5.91 Å². The van der Waals surface area contributed by atoms with Gasteiger partial charge in [0.2, 0.25) is 0 Å². The molecule has 3 rings (SSSR count). The topological polar surface area (TPSA) is 42.8 Å². The first kappa shape index (κ1) is 16.3. The smallest absolute Gasteiger partial charge is 0.279 e. The predicted octanol–water partition coefficient (Wildman–Crippen LogP) is 2.01. The van der Waals surface area contributed by atoms with E-state index in [4.69, 9.17) is 4.74 Å². The fourth-order valence-electron chi connectivity index (χ4n) is 2.99. The number of anilines is 1. The minimum atomic E-state index is 0.0369. The summed E-state index contributed by atoms with van der Waals surface area (Å²) < 4.78 is 5.18. The summed E-state index contributed by atoms with van der Waals surface area (Å²) in [6.07, 6.45) is 3.26. The minimum absolute atomic E-state index is 0.0369. The molecule has 4 heteroatoms. The van der Waals surface area contributed by atoms with Gasteiger partial charge in [0.15, 0.2) is 6.54 Å². The molecule has 0 saturated heterocycles. The molecule has 0 radical (unpaired) electrons. The number of rotatable bonds is 5. The largest absolute Gasteiger partial charge is 0.497 e. The van der Waals surface area contributed by atoms with E-state index in [1.165, 1.54) is 16.0 Å². The van der Waals surface area contributed by atoms with Crippen LogP contribution < -0.4 is 15.0 Å². The van der Waals surface area contributed by atoms with Gasteiger partial charge in [-0.1, -0.05) is 36.4 Å². The Kier molecular flexibility index (Phi) is 5.29. The first-order chi connectivity index (χ1) is 11.7. The van der Waals surface area contributed by atoms with Crippen LogP contribution in [-0.4, -0.2) is 32.7 Å². The van der Waals surface area contributed by atoms with E-state index in [1.54, 1.807) is 7.11 Å². The van der Waals surface area contributed by atoms with Crippen molar-refractivity contribution < 1.29 is 14.4 Å². The molecule has 2 aromatic carbocycles. The van der Waals surface area contributed by atoms with Crippen LogP contribution in [0.5, 0.6) is 5.75 Å². The summed E-state index contributed by atoms with van der Waals surface area (Å²) in [6.45, 7) is 2.35. The zero-order valence-corrected chi connectivity index (χ0v) is 13.9. The van der Waals surface area contributed by atoms with Crippen LogP contribution in [0.15, 0.2) is 60.7 Å². The average Bonchev–Trinajstić information content (AvgIpc) is 2.63. The first-order valence-electron chi connectivity index (χ1n) is 8.26. The maximum Gasteiger partial charge on any atom is 0.279 e. The normalized spacial score (nSPS) is 17.0. The van der Waals surface area contributed by atoms with E-state index >= 15 is 0 Å². The Hall–Kier alpha value is -2.59. The molecular formula is C20H23N2O2+. The van der Waals surface area contributed by atoms with Crippen LogP contribution in [0.4, 0.5) is 5.69 Å². The number of carbonyl (C=O) groups is 1. The van der Waals surface area contributed by atoms with Crippen molar-refractivity contribution in [1.29, 1.82) is 0 Å². The molecule has 0 aromatic heterocycles. The lowest BCUT2D eigenvalue weighted by atomic mass is 10.00. The highest BCUT2D eigenvalue weighted by Crippen LogP contribution is 2.18. The molecule has 1 aliphatic rings. The molecule has 1 amide bonds. The quantitative estimate of drug-likeness (QED) is 0.884. The number of quaternary nitrogens is 1. The molecule has 124 valence electrons. The fourth-order valence-corrected chi connectivity index (χ4v) is 2.99. The van der Waals surface area contributed by atoms with Crippen molar-refractivity contribution in [3.8, 4) is 5.75 Å². The minimum Gasteiger partial charge on any atom is -0.497 e. The molecule has 0 aliphatic carbocycles. The molecular weight excluding hydrogens is 300 g/mol. The Labute approximate surface area is 142 Å². The lowest BCUT2D eigenvalue weighted by molar-refractivity contribution is -0.886. The van der Waals surface area contributed by atoms with E-state index in [1.807, 2.05) is 30.3 Å². The van der Waals surface area contributed by atoms with Gasteiger partial charge in [0.1, 0.15) is 5.75 Å². The third-order valence-electron chi connectivity index (χ3n) is 4.29. The number of carbonyl (C=O) groups excluding carboxylic acids is 1. The maximum atomic E-state index is 12.2. The van der Waals surface area contributed by atoms with Crippen molar-refractivity contribution >= 4 is 17.2 Å². The van der Waals surface area contributed by atoms with Crippen LogP contribution in [0.25, 0.3) is 5.57 Å². The molecule has 1 heterocycles. The highest BCUT2D eigenvalue weighted by atomic mass is 16.5. The van der Waals surface area contributed by atoms with E-state index in [9.17, 15) is 4.79 Å². The molecule has 1 aliphatic heterocycles. The number of amides is 1. The summed E-state index contributed by atoms with van der Waals surface area (Å²) in [4.78, 5) is 13.5. The molecule has 1 unspecified atom stereocenters. The Morgan fingerprint density at radius 2 is 2.00 bits per heavy atom. The number of ether oxygens (including phenoxy) is 1. The number of hydrogen-bond acceptors (Lipinski definition) is 2. The number of methoxy groups -OCH3 is 1. The van der Waals surface area contributed by atoms with Gasteiger partial charge in [0, 0.05) is 18.2 Å². The number of nitrogens with one attached hydrogen (secondary N) is 2. The van der Waals surface area contributed by atoms with Crippen molar-refractivity contribution in [3.05, 3.63) is 66.2 Å². The molecule has 0 spiro atoms.